The highest BCUT2D eigenvalue weighted by molar-refractivity contribution is 6.33. The van der Waals surface area contributed by atoms with Gasteiger partial charge in [-0.15, -0.1) is 0 Å². The van der Waals surface area contributed by atoms with E-state index in [1.807, 2.05) is 43.3 Å². The summed E-state index contributed by atoms with van der Waals surface area (Å²) in [5.74, 6) is -1.37. The predicted molar refractivity (Wildman–Crippen MR) is 161 cm³/mol. The van der Waals surface area contributed by atoms with Crippen molar-refractivity contribution in [2.45, 2.75) is 0 Å². The van der Waals surface area contributed by atoms with Crippen LogP contribution >= 0.6 is 11.6 Å². The molecule has 4 rings (SSSR count). The first-order valence-corrected chi connectivity index (χ1v) is 12.9. The van der Waals surface area contributed by atoms with Crippen molar-refractivity contribution >= 4 is 47.4 Å². The van der Waals surface area contributed by atoms with Crippen LogP contribution in [0.2, 0.25) is 5.02 Å². The summed E-state index contributed by atoms with van der Waals surface area (Å²) in [6.45, 7) is 0. The number of carbonyl (C=O) groups is 3. The van der Waals surface area contributed by atoms with Gasteiger partial charge in [-0.25, -0.2) is 10.2 Å². The number of amides is 2. The minimum atomic E-state index is -0.622. The number of halogens is 1. The van der Waals surface area contributed by atoms with Gasteiger partial charge in [0.1, 0.15) is 11.4 Å². The third kappa shape index (κ3) is 8.14. The summed E-state index contributed by atoms with van der Waals surface area (Å²) in [7, 11) is 3.86. The van der Waals surface area contributed by atoms with Crippen LogP contribution in [0.25, 0.3) is 6.08 Å². The fourth-order valence-corrected chi connectivity index (χ4v) is 3.86. The Kier molecular flexibility index (Phi) is 9.64. The maximum absolute atomic E-state index is 13.1. The molecule has 0 fully saturated rings. The first-order valence-electron chi connectivity index (χ1n) is 12.6. The lowest BCUT2D eigenvalue weighted by Gasteiger charge is -2.12. The Labute approximate surface area is 242 Å². The molecule has 0 atom stereocenters. The van der Waals surface area contributed by atoms with Crippen LogP contribution in [0.5, 0.6) is 5.75 Å². The number of anilines is 1. The number of carbonyl (C=O) groups excluding carboxylic acids is 3. The van der Waals surface area contributed by atoms with E-state index in [1.165, 1.54) is 6.21 Å². The molecule has 9 heteroatoms. The number of nitrogens with one attached hydrogen (secondary N) is 2. The molecule has 206 valence electrons. The smallest absolute Gasteiger partial charge is 0.345 e. The van der Waals surface area contributed by atoms with Gasteiger partial charge in [0, 0.05) is 25.3 Å². The minimum Gasteiger partial charge on any atom is -0.423 e. The molecule has 0 aromatic heterocycles. The molecular formula is C32H27ClN4O4. The van der Waals surface area contributed by atoms with Gasteiger partial charge in [0.15, 0.2) is 0 Å². The summed E-state index contributed by atoms with van der Waals surface area (Å²) >= 11 is 6.08. The Balaban J connectivity index is 1.48. The third-order valence-corrected chi connectivity index (χ3v) is 6.12. The molecule has 8 nitrogen and oxygen atoms in total. The fraction of sp³-hybridized carbons (Fsp3) is 0.0625. The second kappa shape index (κ2) is 13.7. The van der Waals surface area contributed by atoms with Gasteiger partial charge in [0.2, 0.25) is 0 Å². The minimum absolute atomic E-state index is 0.0102. The molecule has 4 aromatic rings. The number of ether oxygens (including phenoxy) is 1. The van der Waals surface area contributed by atoms with Gasteiger partial charge in [0.25, 0.3) is 11.8 Å². The van der Waals surface area contributed by atoms with Crippen molar-refractivity contribution in [3.05, 3.63) is 136 Å². The zero-order valence-electron chi connectivity index (χ0n) is 22.4. The number of hydrogen-bond donors (Lipinski definition) is 2. The topological polar surface area (TPSA) is 100 Å². The second-order valence-corrected chi connectivity index (χ2v) is 9.41. The molecule has 2 N–H and O–H groups in total. The quantitative estimate of drug-likeness (QED) is 0.0910. The Morgan fingerprint density at radius 1 is 0.829 bits per heavy atom. The van der Waals surface area contributed by atoms with E-state index in [1.54, 1.807) is 84.9 Å². The monoisotopic (exact) mass is 566 g/mol. The first-order chi connectivity index (χ1) is 19.8. The summed E-state index contributed by atoms with van der Waals surface area (Å²) < 4.78 is 5.43. The zero-order valence-corrected chi connectivity index (χ0v) is 23.1. The first kappa shape index (κ1) is 28.8. The van der Waals surface area contributed by atoms with Gasteiger partial charge >= 0.3 is 5.97 Å². The van der Waals surface area contributed by atoms with Gasteiger partial charge in [-0.3, -0.25) is 9.59 Å². The molecule has 0 aliphatic heterocycles. The summed E-state index contributed by atoms with van der Waals surface area (Å²) in [6.07, 6.45) is 2.97. The zero-order chi connectivity index (χ0) is 29.2. The van der Waals surface area contributed by atoms with E-state index in [0.29, 0.717) is 16.7 Å². The van der Waals surface area contributed by atoms with Gasteiger partial charge < -0.3 is 15.0 Å². The molecule has 41 heavy (non-hydrogen) atoms. The molecule has 0 saturated heterocycles. The van der Waals surface area contributed by atoms with Crippen molar-refractivity contribution in [1.82, 2.24) is 10.7 Å². The van der Waals surface area contributed by atoms with Crippen molar-refractivity contribution in [2.24, 2.45) is 5.10 Å². The van der Waals surface area contributed by atoms with E-state index in [4.69, 9.17) is 16.3 Å². The van der Waals surface area contributed by atoms with E-state index in [9.17, 15) is 14.4 Å². The predicted octanol–water partition coefficient (Wildman–Crippen LogP) is 5.55. The van der Waals surface area contributed by atoms with E-state index >= 15 is 0 Å². The van der Waals surface area contributed by atoms with Crippen LogP contribution < -0.4 is 20.4 Å². The molecule has 0 radical (unpaired) electrons. The summed E-state index contributed by atoms with van der Waals surface area (Å²) in [5, 5.41) is 6.99. The summed E-state index contributed by atoms with van der Waals surface area (Å²) in [5.41, 5.74) is 5.37. The number of rotatable bonds is 9. The van der Waals surface area contributed by atoms with Crippen molar-refractivity contribution in [2.75, 3.05) is 19.0 Å². The van der Waals surface area contributed by atoms with Crippen LogP contribution in [-0.2, 0) is 4.79 Å². The Bertz CT molecular complexity index is 1600. The van der Waals surface area contributed by atoms with Crippen molar-refractivity contribution in [3.8, 4) is 5.75 Å². The highest BCUT2D eigenvalue weighted by Crippen LogP contribution is 2.19. The van der Waals surface area contributed by atoms with Crippen LogP contribution in [0.15, 0.2) is 114 Å². The molecule has 0 saturated carbocycles. The summed E-state index contributed by atoms with van der Waals surface area (Å²) in [6, 6.07) is 29.3. The average Bonchev–Trinajstić information content (AvgIpc) is 2.98. The lowest BCUT2D eigenvalue weighted by molar-refractivity contribution is -0.117. The number of benzene rings is 4. The maximum atomic E-state index is 13.1. The molecule has 0 spiro atoms. The van der Waals surface area contributed by atoms with Crippen molar-refractivity contribution in [1.29, 1.82) is 0 Å². The normalized spacial score (nSPS) is 11.1. The second-order valence-electron chi connectivity index (χ2n) is 9.01. The molecule has 4 aromatic carbocycles. The van der Waals surface area contributed by atoms with Crippen LogP contribution in [-0.4, -0.2) is 38.1 Å². The molecule has 0 aliphatic carbocycles. The van der Waals surface area contributed by atoms with Crippen molar-refractivity contribution < 1.29 is 19.1 Å². The number of nitrogens with zero attached hydrogens (tertiary/aromatic N) is 2. The Morgan fingerprint density at radius 2 is 1.54 bits per heavy atom. The average molecular weight is 567 g/mol. The maximum Gasteiger partial charge on any atom is 0.345 e. The number of esters is 1. The van der Waals surface area contributed by atoms with Crippen molar-refractivity contribution in [3.63, 3.8) is 0 Å². The number of hydrazone groups is 1. The van der Waals surface area contributed by atoms with E-state index in [-0.39, 0.29) is 22.0 Å². The van der Waals surface area contributed by atoms with E-state index in [2.05, 4.69) is 15.8 Å². The molecule has 2 amide bonds. The number of hydrogen-bond acceptors (Lipinski definition) is 6. The van der Waals surface area contributed by atoms with Gasteiger partial charge in [-0.2, -0.15) is 5.10 Å². The van der Waals surface area contributed by atoms with E-state index < -0.39 is 17.8 Å². The van der Waals surface area contributed by atoms with Gasteiger partial charge in [-0.1, -0.05) is 66.2 Å². The molecule has 0 aliphatic rings. The largest absolute Gasteiger partial charge is 0.423 e. The highest BCUT2D eigenvalue weighted by atomic mass is 35.5. The van der Waals surface area contributed by atoms with Gasteiger partial charge in [-0.05, 0) is 65.7 Å². The SMILES string of the molecule is CN(C)c1ccc(C=C(NC(=O)c2ccccc2)C(=O)NN=Cc2cccc(OC(=O)c3ccccc3Cl)c2)cc1. The molecule has 0 bridgehead atoms. The molecule has 0 unspecified atom stereocenters. The highest BCUT2D eigenvalue weighted by Gasteiger charge is 2.15. The fourth-order valence-electron chi connectivity index (χ4n) is 3.65. The van der Waals surface area contributed by atoms with Crippen LogP contribution in [0, 0.1) is 0 Å². The van der Waals surface area contributed by atoms with Gasteiger partial charge in [0.05, 0.1) is 16.8 Å². The third-order valence-electron chi connectivity index (χ3n) is 5.79. The molecular weight excluding hydrogens is 540 g/mol. The standard InChI is InChI=1S/C32H27ClN4O4/c1-37(2)25-17-15-22(16-18-25)20-29(35-30(38)24-10-4-3-5-11-24)31(39)36-34-21-23-9-8-12-26(19-23)41-32(40)27-13-6-7-14-28(27)33/h3-21H,1-2H3,(H,35,38)(H,36,39). The lowest BCUT2D eigenvalue weighted by Crippen LogP contribution is -2.32. The molecule has 0 heterocycles. The lowest BCUT2D eigenvalue weighted by atomic mass is 10.1. The van der Waals surface area contributed by atoms with Crippen LogP contribution in [0.4, 0.5) is 5.69 Å². The Morgan fingerprint density at radius 3 is 2.24 bits per heavy atom. The van der Waals surface area contributed by atoms with Crippen LogP contribution in [0.3, 0.4) is 0 Å². The summed E-state index contributed by atoms with van der Waals surface area (Å²) in [4.78, 5) is 40.3. The van der Waals surface area contributed by atoms with E-state index in [0.717, 1.165) is 5.69 Å². The Hall–Kier alpha value is -5.21. The van der Waals surface area contributed by atoms with Crippen LogP contribution in [0.1, 0.15) is 31.8 Å².